The first-order chi connectivity index (χ1) is 12.1. The van der Waals surface area contributed by atoms with Gasteiger partial charge in [-0.3, -0.25) is 4.79 Å². The van der Waals surface area contributed by atoms with Gasteiger partial charge >= 0.3 is 0 Å². The van der Waals surface area contributed by atoms with Gasteiger partial charge in [-0.2, -0.15) is 0 Å². The first-order valence-corrected chi connectivity index (χ1v) is 8.50. The highest BCUT2D eigenvalue weighted by molar-refractivity contribution is 5.96. The maximum atomic E-state index is 12.7. The number of hydrogen-bond acceptors (Lipinski definition) is 6. The van der Waals surface area contributed by atoms with Crippen molar-refractivity contribution in [1.29, 1.82) is 0 Å². The predicted molar refractivity (Wildman–Crippen MR) is 88.5 cm³/mol. The zero-order chi connectivity index (χ0) is 17.4. The molecule has 1 atom stereocenters. The lowest BCUT2D eigenvalue weighted by atomic mass is 9.84. The van der Waals surface area contributed by atoms with Gasteiger partial charge in [0.05, 0.1) is 25.4 Å². The van der Waals surface area contributed by atoms with E-state index in [0.29, 0.717) is 42.6 Å². The summed E-state index contributed by atoms with van der Waals surface area (Å²) in [6.07, 6.45) is 3.36. The Morgan fingerprint density at radius 3 is 2.88 bits per heavy atom. The van der Waals surface area contributed by atoms with Crippen molar-refractivity contribution >= 4 is 5.91 Å². The quantitative estimate of drug-likeness (QED) is 0.850. The van der Waals surface area contributed by atoms with Gasteiger partial charge in [-0.05, 0) is 19.9 Å². The summed E-state index contributed by atoms with van der Waals surface area (Å²) < 4.78 is 17.1. The number of likely N-dealkylation sites (tertiary alicyclic amines) is 1. The molecule has 4 rings (SSSR count). The van der Waals surface area contributed by atoms with E-state index in [9.17, 15) is 4.79 Å². The zero-order valence-electron chi connectivity index (χ0n) is 14.4. The van der Waals surface area contributed by atoms with E-state index in [2.05, 4.69) is 10.1 Å². The van der Waals surface area contributed by atoms with Crippen molar-refractivity contribution in [3.8, 4) is 5.88 Å². The Hall–Kier alpha value is -2.41. The largest absolute Gasteiger partial charge is 0.474 e. The molecule has 2 aromatic heterocycles. The topological polar surface area (TPSA) is 77.7 Å². The maximum absolute atomic E-state index is 12.7. The minimum atomic E-state index is -0.313. The normalized spacial score (nSPS) is 21.8. The second-order valence-electron chi connectivity index (χ2n) is 6.79. The summed E-state index contributed by atoms with van der Waals surface area (Å²) in [6.45, 7) is 5.31. The van der Waals surface area contributed by atoms with E-state index in [1.54, 1.807) is 24.9 Å². The van der Waals surface area contributed by atoms with Gasteiger partial charge in [0.25, 0.3) is 5.91 Å². The second kappa shape index (κ2) is 6.15. The Balaban J connectivity index is 1.39. The van der Waals surface area contributed by atoms with Crippen molar-refractivity contribution in [3.05, 3.63) is 41.4 Å². The van der Waals surface area contributed by atoms with E-state index >= 15 is 0 Å². The fraction of sp³-hybridized carbons (Fsp3) is 0.500. The fourth-order valence-electron chi connectivity index (χ4n) is 3.63. The molecular formula is C18H21N3O4. The van der Waals surface area contributed by atoms with Gasteiger partial charge in [-0.25, -0.2) is 4.98 Å². The van der Waals surface area contributed by atoms with Crippen LogP contribution in [0.1, 0.15) is 34.7 Å². The van der Waals surface area contributed by atoms with Crippen molar-refractivity contribution in [2.24, 2.45) is 0 Å². The molecule has 0 aliphatic carbocycles. The van der Waals surface area contributed by atoms with Gasteiger partial charge in [0.2, 0.25) is 5.88 Å². The Morgan fingerprint density at radius 2 is 2.20 bits per heavy atom. The average Bonchev–Trinajstić information content (AvgIpc) is 2.92. The van der Waals surface area contributed by atoms with E-state index in [1.165, 1.54) is 0 Å². The van der Waals surface area contributed by atoms with Crippen LogP contribution in [0.3, 0.4) is 0 Å². The fourth-order valence-corrected chi connectivity index (χ4v) is 3.63. The van der Waals surface area contributed by atoms with Gasteiger partial charge < -0.3 is 18.9 Å². The number of rotatable bonds is 3. The molecule has 7 nitrogen and oxygen atoms in total. The summed E-state index contributed by atoms with van der Waals surface area (Å²) in [7, 11) is 0. The number of aryl methyl sites for hydroxylation is 2. The van der Waals surface area contributed by atoms with E-state index in [4.69, 9.17) is 14.0 Å². The van der Waals surface area contributed by atoms with Crippen LogP contribution in [-0.2, 0) is 4.74 Å². The molecule has 0 radical (unpaired) electrons. The summed E-state index contributed by atoms with van der Waals surface area (Å²) in [5.41, 5.74) is 0.878. The lowest BCUT2D eigenvalue weighted by Crippen LogP contribution is -2.67. The third-order valence-electron chi connectivity index (χ3n) is 4.87. The van der Waals surface area contributed by atoms with E-state index in [-0.39, 0.29) is 17.6 Å². The molecule has 0 bridgehead atoms. The number of nitrogens with zero attached hydrogens (tertiary/aromatic N) is 3. The molecule has 132 valence electrons. The summed E-state index contributed by atoms with van der Waals surface area (Å²) in [5, 5.41) is 3.86. The smallest absolute Gasteiger partial charge is 0.259 e. The highest BCUT2D eigenvalue weighted by Gasteiger charge is 2.50. The third kappa shape index (κ3) is 3.00. The number of hydrogen-bond donors (Lipinski definition) is 0. The molecule has 25 heavy (non-hydrogen) atoms. The summed E-state index contributed by atoms with van der Waals surface area (Å²) in [6, 6.07) is 5.63. The standard InChI is InChI=1S/C18H21N3O4/c1-12-16(13(2)25-20-12)17(22)21-10-18(11-21)9-14(6-8-23-18)24-15-5-3-4-7-19-15/h3-5,7,14H,6,8-11H2,1-2H3. The van der Waals surface area contributed by atoms with E-state index < -0.39 is 0 Å². The average molecular weight is 343 g/mol. The molecule has 4 heterocycles. The summed E-state index contributed by atoms with van der Waals surface area (Å²) in [5.74, 6) is 1.15. The van der Waals surface area contributed by atoms with Gasteiger partial charge in [0.1, 0.15) is 23.0 Å². The number of amides is 1. The minimum Gasteiger partial charge on any atom is -0.474 e. The number of aromatic nitrogens is 2. The Kier molecular flexibility index (Phi) is 3.95. The van der Waals surface area contributed by atoms with Crippen LogP contribution in [-0.4, -0.2) is 52.3 Å². The molecule has 0 saturated carbocycles. The molecule has 1 amide bonds. The predicted octanol–water partition coefficient (Wildman–Crippen LogP) is 2.14. The molecule has 0 N–H and O–H groups in total. The highest BCUT2D eigenvalue weighted by Crippen LogP contribution is 2.36. The number of carbonyl (C=O) groups is 1. The molecule has 0 aromatic carbocycles. The number of carbonyl (C=O) groups excluding carboxylic acids is 1. The van der Waals surface area contributed by atoms with Crippen LogP contribution >= 0.6 is 0 Å². The maximum Gasteiger partial charge on any atom is 0.259 e. The van der Waals surface area contributed by atoms with E-state index in [0.717, 1.165) is 12.8 Å². The zero-order valence-corrected chi connectivity index (χ0v) is 14.4. The van der Waals surface area contributed by atoms with Crippen molar-refractivity contribution in [3.63, 3.8) is 0 Å². The van der Waals surface area contributed by atoms with Gasteiger partial charge in [0.15, 0.2) is 0 Å². The lowest BCUT2D eigenvalue weighted by Gasteiger charge is -2.52. The van der Waals surface area contributed by atoms with Crippen molar-refractivity contribution in [2.45, 2.75) is 38.4 Å². The molecule has 1 spiro atoms. The summed E-state index contributed by atoms with van der Waals surface area (Å²) in [4.78, 5) is 18.7. The third-order valence-corrected chi connectivity index (χ3v) is 4.87. The molecule has 2 fully saturated rings. The highest BCUT2D eigenvalue weighted by atomic mass is 16.5. The minimum absolute atomic E-state index is 0.0433. The molecule has 2 aliphatic rings. The van der Waals surface area contributed by atoms with Gasteiger partial charge in [-0.15, -0.1) is 0 Å². The van der Waals surface area contributed by atoms with Crippen molar-refractivity contribution < 1.29 is 18.8 Å². The van der Waals surface area contributed by atoms with Crippen LogP contribution < -0.4 is 4.74 Å². The first-order valence-electron chi connectivity index (χ1n) is 8.50. The van der Waals surface area contributed by atoms with Crippen LogP contribution in [0, 0.1) is 13.8 Å². The lowest BCUT2D eigenvalue weighted by molar-refractivity contribution is -0.174. The second-order valence-corrected chi connectivity index (χ2v) is 6.79. The van der Waals surface area contributed by atoms with E-state index in [1.807, 2.05) is 18.2 Å². The Morgan fingerprint density at radius 1 is 1.36 bits per heavy atom. The Labute approximate surface area is 145 Å². The Bertz CT molecular complexity index is 748. The number of pyridine rings is 1. The molecule has 1 unspecified atom stereocenters. The molecule has 7 heteroatoms. The first kappa shape index (κ1) is 16.1. The molecule has 2 saturated heterocycles. The summed E-state index contributed by atoms with van der Waals surface area (Å²) >= 11 is 0. The van der Waals surface area contributed by atoms with Crippen LogP contribution in [0.25, 0.3) is 0 Å². The molecular weight excluding hydrogens is 322 g/mol. The van der Waals surface area contributed by atoms with Crippen LogP contribution in [0.5, 0.6) is 5.88 Å². The van der Waals surface area contributed by atoms with Crippen LogP contribution in [0.2, 0.25) is 0 Å². The van der Waals surface area contributed by atoms with Crippen molar-refractivity contribution in [1.82, 2.24) is 15.0 Å². The molecule has 2 aliphatic heterocycles. The number of ether oxygens (including phenoxy) is 2. The molecule has 2 aromatic rings. The van der Waals surface area contributed by atoms with Gasteiger partial charge in [0, 0.05) is 25.1 Å². The van der Waals surface area contributed by atoms with Gasteiger partial charge in [-0.1, -0.05) is 11.2 Å². The van der Waals surface area contributed by atoms with Crippen molar-refractivity contribution in [2.75, 3.05) is 19.7 Å². The SMILES string of the molecule is Cc1noc(C)c1C(=O)N1CC2(CC(Oc3ccccn3)CCO2)C1. The van der Waals surface area contributed by atoms with Crippen LogP contribution in [0.15, 0.2) is 28.9 Å². The monoisotopic (exact) mass is 343 g/mol. The van der Waals surface area contributed by atoms with Crippen LogP contribution in [0.4, 0.5) is 0 Å².